The minimum Gasteiger partial charge on any atom is -0.389 e. The average molecular weight is 356 g/mol. The van der Waals surface area contributed by atoms with Gasteiger partial charge < -0.3 is 15.5 Å². The SMILES string of the molecule is CN1CCN(c2cc(Br)ccc2C(N)=S)C(C)(C)C1=O. The van der Waals surface area contributed by atoms with Gasteiger partial charge in [-0.1, -0.05) is 28.1 Å². The maximum absolute atomic E-state index is 12.4. The van der Waals surface area contributed by atoms with Gasteiger partial charge >= 0.3 is 0 Å². The third-order valence-corrected chi connectivity index (χ3v) is 4.43. The second kappa shape index (κ2) is 5.33. The standard InChI is InChI=1S/C14H18BrN3OS/c1-14(2)13(19)17(3)6-7-18(14)11-8-9(15)4-5-10(11)12(16)20/h4-5,8H,6-7H2,1-3H3,(H2,16,20). The largest absolute Gasteiger partial charge is 0.389 e. The summed E-state index contributed by atoms with van der Waals surface area (Å²) in [7, 11) is 1.83. The van der Waals surface area contributed by atoms with Crippen LogP contribution in [0, 0.1) is 0 Å². The van der Waals surface area contributed by atoms with E-state index >= 15 is 0 Å². The molecule has 2 N–H and O–H groups in total. The molecule has 1 amide bonds. The van der Waals surface area contributed by atoms with Gasteiger partial charge in [0.15, 0.2) is 0 Å². The van der Waals surface area contributed by atoms with Crippen molar-refractivity contribution in [2.45, 2.75) is 19.4 Å². The van der Waals surface area contributed by atoms with Crippen molar-refractivity contribution in [3.8, 4) is 0 Å². The molecular formula is C14H18BrN3OS. The van der Waals surface area contributed by atoms with E-state index in [2.05, 4.69) is 20.8 Å². The first-order chi connectivity index (χ1) is 9.25. The second-order valence-electron chi connectivity index (χ2n) is 5.46. The number of amides is 1. The summed E-state index contributed by atoms with van der Waals surface area (Å²) in [6.07, 6.45) is 0. The Labute approximate surface area is 133 Å². The lowest BCUT2D eigenvalue weighted by atomic mass is 9.95. The van der Waals surface area contributed by atoms with E-state index in [1.807, 2.05) is 39.1 Å². The van der Waals surface area contributed by atoms with E-state index < -0.39 is 5.54 Å². The summed E-state index contributed by atoms with van der Waals surface area (Å²) in [6, 6.07) is 5.76. The van der Waals surface area contributed by atoms with E-state index in [0.29, 0.717) is 11.5 Å². The van der Waals surface area contributed by atoms with E-state index in [9.17, 15) is 4.79 Å². The molecule has 20 heavy (non-hydrogen) atoms. The van der Waals surface area contributed by atoms with Crippen LogP contribution in [0.2, 0.25) is 0 Å². The first-order valence-corrected chi connectivity index (χ1v) is 7.58. The number of hydrogen-bond acceptors (Lipinski definition) is 3. The van der Waals surface area contributed by atoms with Gasteiger partial charge in [-0.25, -0.2) is 0 Å². The molecule has 0 aliphatic carbocycles. The van der Waals surface area contributed by atoms with Gasteiger partial charge in [0.1, 0.15) is 10.5 Å². The maximum atomic E-state index is 12.4. The van der Waals surface area contributed by atoms with Gasteiger partial charge in [0.25, 0.3) is 0 Å². The van der Waals surface area contributed by atoms with Crippen molar-refractivity contribution >= 4 is 44.7 Å². The Morgan fingerprint density at radius 2 is 2.05 bits per heavy atom. The molecule has 1 heterocycles. The summed E-state index contributed by atoms with van der Waals surface area (Å²) >= 11 is 8.60. The maximum Gasteiger partial charge on any atom is 0.247 e. The van der Waals surface area contributed by atoms with Crippen LogP contribution in [0.3, 0.4) is 0 Å². The zero-order chi connectivity index (χ0) is 15.1. The quantitative estimate of drug-likeness (QED) is 0.825. The molecular weight excluding hydrogens is 338 g/mol. The minimum absolute atomic E-state index is 0.0950. The number of halogens is 1. The molecule has 108 valence electrons. The lowest BCUT2D eigenvalue weighted by molar-refractivity contribution is -0.136. The first-order valence-electron chi connectivity index (χ1n) is 6.37. The average Bonchev–Trinajstić information content (AvgIpc) is 2.35. The van der Waals surface area contributed by atoms with E-state index in [-0.39, 0.29) is 5.91 Å². The van der Waals surface area contributed by atoms with Crippen molar-refractivity contribution < 1.29 is 4.79 Å². The van der Waals surface area contributed by atoms with Gasteiger partial charge in [-0.15, -0.1) is 0 Å². The number of piperazine rings is 1. The lowest BCUT2D eigenvalue weighted by Crippen LogP contribution is -2.62. The third-order valence-electron chi connectivity index (χ3n) is 3.72. The highest BCUT2D eigenvalue weighted by molar-refractivity contribution is 9.10. The summed E-state index contributed by atoms with van der Waals surface area (Å²) in [5, 5.41) is 0. The van der Waals surface area contributed by atoms with Crippen molar-refractivity contribution in [3.63, 3.8) is 0 Å². The molecule has 1 fully saturated rings. The molecule has 0 bridgehead atoms. The normalized spacial score (nSPS) is 18.3. The number of nitrogens with two attached hydrogens (primary N) is 1. The number of hydrogen-bond donors (Lipinski definition) is 1. The molecule has 0 spiro atoms. The fourth-order valence-electron chi connectivity index (χ4n) is 2.57. The fraction of sp³-hybridized carbons (Fsp3) is 0.429. The number of carbonyl (C=O) groups excluding carboxylic acids is 1. The summed E-state index contributed by atoms with van der Waals surface area (Å²) in [6.45, 7) is 5.29. The Morgan fingerprint density at radius 3 is 2.65 bits per heavy atom. The fourth-order valence-corrected chi connectivity index (χ4v) is 3.09. The molecule has 2 rings (SSSR count). The zero-order valence-corrected chi connectivity index (χ0v) is 14.2. The Bertz CT molecular complexity index is 574. The topological polar surface area (TPSA) is 49.6 Å². The molecule has 0 unspecified atom stereocenters. The third kappa shape index (κ3) is 2.54. The monoisotopic (exact) mass is 355 g/mol. The number of rotatable bonds is 2. The molecule has 1 aromatic carbocycles. The molecule has 1 aliphatic heterocycles. The first kappa shape index (κ1) is 15.3. The van der Waals surface area contributed by atoms with Crippen LogP contribution in [0.15, 0.2) is 22.7 Å². The number of likely N-dealkylation sites (N-methyl/N-ethyl adjacent to an activating group) is 1. The van der Waals surface area contributed by atoms with Gasteiger partial charge in [-0.3, -0.25) is 4.79 Å². The number of carbonyl (C=O) groups is 1. The van der Waals surface area contributed by atoms with Crippen LogP contribution in [0.5, 0.6) is 0 Å². The minimum atomic E-state index is -0.618. The van der Waals surface area contributed by atoms with Gasteiger partial charge in [-0.2, -0.15) is 0 Å². The lowest BCUT2D eigenvalue weighted by Gasteiger charge is -2.46. The molecule has 0 saturated carbocycles. The van der Waals surface area contributed by atoms with E-state index in [4.69, 9.17) is 18.0 Å². The number of nitrogens with zero attached hydrogens (tertiary/aromatic N) is 2. The molecule has 1 saturated heterocycles. The molecule has 4 nitrogen and oxygen atoms in total. The van der Waals surface area contributed by atoms with Crippen molar-refractivity contribution in [1.82, 2.24) is 4.90 Å². The Morgan fingerprint density at radius 1 is 1.40 bits per heavy atom. The summed E-state index contributed by atoms with van der Waals surface area (Å²) in [5.74, 6) is 0.0950. The van der Waals surface area contributed by atoms with Crippen molar-refractivity contribution in [2.24, 2.45) is 5.73 Å². The number of thiocarbonyl (C=S) groups is 1. The van der Waals surface area contributed by atoms with E-state index in [1.54, 1.807) is 4.90 Å². The van der Waals surface area contributed by atoms with Gasteiger partial charge in [0, 0.05) is 35.9 Å². The molecule has 0 radical (unpaired) electrons. The number of anilines is 1. The van der Waals surface area contributed by atoms with Crippen molar-refractivity contribution in [1.29, 1.82) is 0 Å². The molecule has 1 aromatic rings. The van der Waals surface area contributed by atoms with Crippen LogP contribution in [0.25, 0.3) is 0 Å². The van der Waals surface area contributed by atoms with E-state index in [0.717, 1.165) is 22.3 Å². The van der Waals surface area contributed by atoms with E-state index in [1.165, 1.54) is 0 Å². The smallest absolute Gasteiger partial charge is 0.247 e. The predicted octanol–water partition coefficient (Wildman–Crippen LogP) is 2.14. The Hall–Kier alpha value is -1.14. The highest BCUT2D eigenvalue weighted by atomic mass is 79.9. The van der Waals surface area contributed by atoms with Gasteiger partial charge in [-0.05, 0) is 32.0 Å². The van der Waals surface area contributed by atoms with Crippen molar-refractivity contribution in [2.75, 3.05) is 25.0 Å². The number of benzene rings is 1. The molecule has 6 heteroatoms. The Balaban J connectivity index is 2.53. The summed E-state index contributed by atoms with van der Waals surface area (Å²) < 4.78 is 0.940. The zero-order valence-electron chi connectivity index (χ0n) is 11.8. The summed E-state index contributed by atoms with van der Waals surface area (Å²) in [5.41, 5.74) is 6.90. The van der Waals surface area contributed by atoms with Crippen molar-refractivity contribution in [3.05, 3.63) is 28.2 Å². The highest BCUT2D eigenvalue weighted by Gasteiger charge is 2.41. The van der Waals surface area contributed by atoms with Crippen LogP contribution >= 0.6 is 28.1 Å². The second-order valence-corrected chi connectivity index (χ2v) is 6.82. The van der Waals surface area contributed by atoms with Crippen LogP contribution in [0.4, 0.5) is 5.69 Å². The predicted molar refractivity (Wildman–Crippen MR) is 89.1 cm³/mol. The molecule has 0 atom stereocenters. The van der Waals surface area contributed by atoms with Gasteiger partial charge in [0.2, 0.25) is 5.91 Å². The molecule has 1 aliphatic rings. The van der Waals surface area contributed by atoms with Crippen LogP contribution < -0.4 is 10.6 Å². The van der Waals surface area contributed by atoms with Gasteiger partial charge in [0.05, 0.1) is 0 Å². The highest BCUT2D eigenvalue weighted by Crippen LogP contribution is 2.33. The van der Waals surface area contributed by atoms with Crippen LogP contribution in [0.1, 0.15) is 19.4 Å². The van der Waals surface area contributed by atoms with Crippen LogP contribution in [-0.4, -0.2) is 41.5 Å². The Kier molecular flexibility index (Phi) is 4.07. The van der Waals surface area contributed by atoms with Crippen LogP contribution in [-0.2, 0) is 4.79 Å². The molecule has 0 aromatic heterocycles. The summed E-state index contributed by atoms with van der Waals surface area (Å²) in [4.78, 5) is 16.6.